The van der Waals surface area contributed by atoms with Crippen LogP contribution in [0.2, 0.25) is 0 Å². The number of halogens is 2. The maximum absolute atomic E-state index is 13.2. The smallest absolute Gasteiger partial charge is 0.186 e. The summed E-state index contributed by atoms with van der Waals surface area (Å²) in [5.74, 6) is -1.24. The minimum atomic E-state index is -0.646. The number of benzene rings is 1. The summed E-state index contributed by atoms with van der Waals surface area (Å²) in [6, 6.07) is 3.24. The van der Waals surface area contributed by atoms with Crippen molar-refractivity contribution in [2.45, 2.75) is 41.5 Å². The highest BCUT2D eigenvalue weighted by molar-refractivity contribution is 6.11. The average Bonchev–Trinajstić information content (AvgIpc) is 2.45. The van der Waals surface area contributed by atoms with E-state index in [1.807, 2.05) is 53.7 Å². The predicted molar refractivity (Wildman–Crippen MR) is 102 cm³/mol. The summed E-state index contributed by atoms with van der Waals surface area (Å²) in [6.45, 7) is 12.0. The third-order valence-electron chi connectivity index (χ3n) is 4.06. The largest absolute Gasteiger partial charge is 0.289 e. The van der Waals surface area contributed by atoms with Gasteiger partial charge < -0.3 is 0 Å². The first-order valence-corrected chi connectivity index (χ1v) is 8.56. The topological polar surface area (TPSA) is 29.4 Å². The van der Waals surface area contributed by atoms with Crippen molar-refractivity contribution in [3.63, 3.8) is 0 Å². The van der Waals surface area contributed by atoms with E-state index in [4.69, 9.17) is 0 Å². The minimum absolute atomic E-state index is 0.0540. The zero-order chi connectivity index (χ0) is 19.7. The van der Waals surface area contributed by atoms with Crippen molar-refractivity contribution in [3.05, 3.63) is 70.5 Å². The Morgan fingerprint density at radius 2 is 1.31 bits per heavy atom. The molecule has 0 aromatic heterocycles. The lowest BCUT2D eigenvalue weighted by Gasteiger charge is -2.31. The molecule has 26 heavy (non-hydrogen) atoms. The van der Waals surface area contributed by atoms with Crippen molar-refractivity contribution in [3.8, 4) is 0 Å². The molecule has 0 spiro atoms. The summed E-state index contributed by atoms with van der Waals surface area (Å²) < 4.78 is 26.5. The van der Waals surface area contributed by atoms with Crippen LogP contribution in [0.4, 0.5) is 8.78 Å². The quantitative estimate of drug-likeness (QED) is 0.616. The van der Waals surface area contributed by atoms with Crippen molar-refractivity contribution in [1.82, 2.24) is 0 Å². The Balaban J connectivity index is 2.42. The fraction of sp³-hybridized carbons (Fsp3) is 0.364. The molecular weight excluding hydrogens is 332 g/mol. The normalized spacial score (nSPS) is 16.0. The van der Waals surface area contributed by atoms with Gasteiger partial charge in [0.1, 0.15) is 11.6 Å². The summed E-state index contributed by atoms with van der Waals surface area (Å²) in [5, 5.41) is 0. The van der Waals surface area contributed by atoms with Gasteiger partial charge in [-0.3, -0.25) is 9.79 Å². The molecule has 0 heterocycles. The van der Waals surface area contributed by atoms with Crippen LogP contribution in [0.3, 0.4) is 0 Å². The van der Waals surface area contributed by atoms with E-state index in [0.717, 1.165) is 22.8 Å². The first-order valence-electron chi connectivity index (χ1n) is 8.56. The number of hydrogen-bond acceptors (Lipinski definition) is 2. The Morgan fingerprint density at radius 1 is 0.846 bits per heavy atom. The van der Waals surface area contributed by atoms with E-state index in [-0.39, 0.29) is 16.6 Å². The summed E-state index contributed by atoms with van der Waals surface area (Å²) in [4.78, 5) is 17.0. The zero-order valence-electron chi connectivity index (χ0n) is 16.2. The molecule has 0 saturated carbocycles. The van der Waals surface area contributed by atoms with Gasteiger partial charge in [0.15, 0.2) is 5.78 Å². The monoisotopic (exact) mass is 357 g/mol. The minimum Gasteiger partial charge on any atom is -0.289 e. The lowest BCUT2D eigenvalue weighted by atomic mass is 9.72. The molecule has 0 fully saturated rings. The Kier molecular flexibility index (Phi) is 5.45. The predicted octanol–water partition coefficient (Wildman–Crippen LogP) is 5.80. The number of hydrogen-bond donors (Lipinski definition) is 0. The molecule has 1 aliphatic rings. The molecule has 0 saturated heterocycles. The molecule has 1 aromatic carbocycles. The van der Waals surface area contributed by atoms with Gasteiger partial charge in [-0.05, 0) is 46.3 Å². The molecule has 0 amide bonds. The lowest BCUT2D eigenvalue weighted by Crippen LogP contribution is -2.27. The van der Waals surface area contributed by atoms with Gasteiger partial charge in [0.25, 0.3) is 0 Å². The second kappa shape index (κ2) is 7.10. The summed E-state index contributed by atoms with van der Waals surface area (Å²) in [5.41, 5.74) is 1.98. The number of rotatable bonds is 2. The Labute approximate surface area is 154 Å². The van der Waals surface area contributed by atoms with E-state index < -0.39 is 11.6 Å². The van der Waals surface area contributed by atoms with Crippen molar-refractivity contribution in [1.29, 1.82) is 0 Å². The summed E-state index contributed by atoms with van der Waals surface area (Å²) in [7, 11) is 0. The van der Waals surface area contributed by atoms with E-state index in [1.165, 1.54) is 18.3 Å². The van der Waals surface area contributed by atoms with E-state index in [2.05, 4.69) is 4.99 Å². The Morgan fingerprint density at radius 3 is 1.73 bits per heavy atom. The molecule has 1 aromatic rings. The second-order valence-corrected chi connectivity index (χ2v) is 8.56. The van der Waals surface area contributed by atoms with Gasteiger partial charge in [0.05, 0.1) is 0 Å². The van der Waals surface area contributed by atoms with Crippen LogP contribution in [0.1, 0.15) is 47.1 Å². The van der Waals surface area contributed by atoms with Crippen molar-refractivity contribution in [2.75, 3.05) is 0 Å². The van der Waals surface area contributed by atoms with Crippen LogP contribution in [0.15, 0.2) is 58.3 Å². The maximum Gasteiger partial charge on any atom is 0.186 e. The first-order chi connectivity index (χ1) is 11.9. The van der Waals surface area contributed by atoms with Gasteiger partial charge in [-0.25, -0.2) is 8.78 Å². The van der Waals surface area contributed by atoms with Crippen molar-refractivity contribution < 1.29 is 13.6 Å². The number of aliphatic imine (C=N–C) groups is 1. The summed E-state index contributed by atoms with van der Waals surface area (Å²) in [6.07, 6.45) is 6.67. The third-order valence-corrected chi connectivity index (χ3v) is 4.06. The van der Waals surface area contributed by atoms with Gasteiger partial charge in [-0.2, -0.15) is 0 Å². The van der Waals surface area contributed by atoms with Crippen LogP contribution < -0.4 is 0 Å². The summed E-state index contributed by atoms with van der Waals surface area (Å²) >= 11 is 0. The van der Waals surface area contributed by atoms with Crippen molar-refractivity contribution in [2.24, 2.45) is 15.8 Å². The fourth-order valence-corrected chi connectivity index (χ4v) is 2.70. The van der Waals surface area contributed by atoms with Crippen LogP contribution in [0.5, 0.6) is 0 Å². The Hall–Kier alpha value is -2.36. The average molecular weight is 357 g/mol. The van der Waals surface area contributed by atoms with E-state index in [0.29, 0.717) is 5.56 Å². The standard InChI is InChI=1S/C22H25F2NO/c1-21(2,3)18-9-15(10-19(20(18)26)22(4,5)6)13-25-12-14-7-16(23)11-17(24)8-14/h7-13H,1-6H3. The van der Waals surface area contributed by atoms with Crippen LogP contribution in [0.25, 0.3) is 0 Å². The van der Waals surface area contributed by atoms with Gasteiger partial charge in [-0.1, -0.05) is 41.5 Å². The molecule has 0 bridgehead atoms. The first kappa shape index (κ1) is 20.0. The number of Topliss-reactive ketones (excluding diaryl/α,β-unsaturated/α-hetero) is 1. The highest BCUT2D eigenvalue weighted by atomic mass is 19.1. The SMILES string of the molecule is CC(C)(C)C1=CC(=CN=Cc2cc(F)cc(F)c2)C=C(C(C)(C)C)C1=O. The maximum atomic E-state index is 13.2. The molecule has 138 valence electrons. The molecule has 0 atom stereocenters. The molecule has 0 radical (unpaired) electrons. The van der Waals surface area contributed by atoms with Crippen LogP contribution in [-0.2, 0) is 4.79 Å². The fourth-order valence-electron chi connectivity index (χ4n) is 2.70. The highest BCUT2D eigenvalue weighted by Crippen LogP contribution is 2.38. The molecule has 1 aliphatic carbocycles. The van der Waals surface area contributed by atoms with Gasteiger partial charge in [0, 0.05) is 29.6 Å². The number of carbonyl (C=O) groups excluding carboxylic acids is 1. The molecule has 0 aliphatic heterocycles. The van der Waals surface area contributed by atoms with E-state index in [9.17, 15) is 13.6 Å². The van der Waals surface area contributed by atoms with Crippen LogP contribution >= 0.6 is 0 Å². The molecule has 0 N–H and O–H groups in total. The number of ketones is 1. The van der Waals surface area contributed by atoms with Crippen LogP contribution in [0, 0.1) is 22.5 Å². The molecular formula is C22H25F2NO. The molecule has 0 unspecified atom stereocenters. The number of allylic oxidation sites excluding steroid dienone is 5. The van der Waals surface area contributed by atoms with E-state index in [1.54, 1.807) is 6.20 Å². The zero-order valence-corrected chi connectivity index (χ0v) is 16.2. The number of nitrogens with zero attached hydrogens (tertiary/aromatic N) is 1. The van der Waals surface area contributed by atoms with Gasteiger partial charge >= 0.3 is 0 Å². The van der Waals surface area contributed by atoms with Crippen molar-refractivity contribution >= 4 is 12.0 Å². The van der Waals surface area contributed by atoms with Gasteiger partial charge in [-0.15, -0.1) is 0 Å². The lowest BCUT2D eigenvalue weighted by molar-refractivity contribution is -0.114. The third kappa shape index (κ3) is 4.84. The second-order valence-electron chi connectivity index (χ2n) is 8.56. The molecule has 2 nitrogen and oxygen atoms in total. The number of carbonyl (C=O) groups is 1. The van der Waals surface area contributed by atoms with Crippen LogP contribution in [-0.4, -0.2) is 12.0 Å². The van der Waals surface area contributed by atoms with E-state index >= 15 is 0 Å². The highest BCUT2D eigenvalue weighted by Gasteiger charge is 2.33. The molecule has 2 rings (SSSR count). The van der Waals surface area contributed by atoms with Gasteiger partial charge in [0.2, 0.25) is 0 Å². The Bertz CT molecular complexity index is 788. The molecule has 4 heteroatoms.